The van der Waals surface area contributed by atoms with Crippen LogP contribution in [-0.4, -0.2) is 67.5 Å². The van der Waals surface area contributed by atoms with Crippen LogP contribution in [0.5, 0.6) is 5.75 Å². The van der Waals surface area contributed by atoms with Gasteiger partial charge < -0.3 is 24.8 Å². The Kier molecular flexibility index (Phi) is 16.6. The molecule has 1 rings (SSSR count). The predicted molar refractivity (Wildman–Crippen MR) is 166 cm³/mol. The maximum Gasteiger partial charge on any atom is 0.329 e. The smallest absolute Gasteiger partial charge is 0.329 e. The van der Waals surface area contributed by atoms with Crippen molar-refractivity contribution in [3.05, 3.63) is 29.8 Å². The number of ether oxygens (including phenoxy) is 3. The zero-order valence-electron chi connectivity index (χ0n) is 25.9. The molecule has 10 nitrogen and oxygen atoms in total. The Morgan fingerprint density at radius 2 is 1.48 bits per heavy atom. The summed E-state index contributed by atoms with van der Waals surface area (Å²) >= 11 is 0. The minimum absolute atomic E-state index is 0.200. The molecule has 0 heterocycles. The van der Waals surface area contributed by atoms with Crippen LogP contribution in [0.2, 0.25) is 0 Å². The van der Waals surface area contributed by atoms with Gasteiger partial charge in [-0.15, -0.1) is 0 Å². The van der Waals surface area contributed by atoms with E-state index in [4.69, 9.17) is 14.2 Å². The van der Waals surface area contributed by atoms with Crippen molar-refractivity contribution in [2.45, 2.75) is 79.3 Å². The second kappa shape index (κ2) is 18.7. The highest BCUT2D eigenvalue weighted by atomic mass is 33.1. The van der Waals surface area contributed by atoms with E-state index in [1.807, 2.05) is 40.7 Å². The highest BCUT2D eigenvalue weighted by molar-refractivity contribution is 8.76. The summed E-state index contributed by atoms with van der Waals surface area (Å²) in [5.74, 6) is -1.26. The van der Waals surface area contributed by atoms with Gasteiger partial charge in [0, 0.05) is 30.8 Å². The largest absolute Gasteiger partial charge is 0.467 e. The van der Waals surface area contributed by atoms with E-state index in [0.717, 1.165) is 5.56 Å². The number of nitrogens with one attached hydrogen (secondary N) is 2. The van der Waals surface area contributed by atoms with Gasteiger partial charge in [-0.1, -0.05) is 68.3 Å². The van der Waals surface area contributed by atoms with Gasteiger partial charge in [-0.05, 0) is 48.3 Å². The molecular weight excluding hydrogens is 580 g/mol. The molecule has 0 radical (unpaired) electrons. The quantitative estimate of drug-likeness (QED) is 0.111. The van der Waals surface area contributed by atoms with Crippen molar-refractivity contribution in [3.8, 4) is 5.75 Å². The average Bonchev–Trinajstić information content (AvgIpc) is 2.89. The lowest BCUT2D eigenvalue weighted by Gasteiger charge is -2.23. The summed E-state index contributed by atoms with van der Waals surface area (Å²) in [6, 6.07) is 5.46. The molecule has 236 valence electrons. The molecule has 2 amide bonds. The third-order valence-electron chi connectivity index (χ3n) is 5.93. The SMILES string of the molecule is COC(=O)[C@H](CSSC[C@H](NC(=O)[C@H](CCc1cccc(OC(C)=O)c1)CC(C)C)C(=O)OC)NC(=O)CC(C)(C)C. The Morgan fingerprint density at radius 1 is 0.905 bits per heavy atom. The third-order valence-corrected chi connectivity index (χ3v) is 8.36. The molecule has 0 aliphatic rings. The zero-order chi connectivity index (χ0) is 31.9. The summed E-state index contributed by atoms with van der Waals surface area (Å²) in [6.07, 6.45) is 2.01. The van der Waals surface area contributed by atoms with Gasteiger partial charge >= 0.3 is 17.9 Å². The molecule has 0 fully saturated rings. The van der Waals surface area contributed by atoms with Crippen LogP contribution in [-0.2, 0) is 39.9 Å². The lowest BCUT2D eigenvalue weighted by molar-refractivity contribution is -0.145. The molecule has 3 atom stereocenters. The Hall–Kier alpha value is -2.73. The lowest BCUT2D eigenvalue weighted by Crippen LogP contribution is -2.46. The van der Waals surface area contributed by atoms with Crippen molar-refractivity contribution in [2.24, 2.45) is 17.3 Å². The number of benzene rings is 1. The van der Waals surface area contributed by atoms with Gasteiger partial charge in [-0.2, -0.15) is 0 Å². The van der Waals surface area contributed by atoms with Crippen molar-refractivity contribution < 1.29 is 38.2 Å². The van der Waals surface area contributed by atoms with E-state index in [1.54, 1.807) is 18.2 Å². The van der Waals surface area contributed by atoms with E-state index in [9.17, 15) is 24.0 Å². The molecule has 0 saturated carbocycles. The monoisotopic (exact) mass is 626 g/mol. The van der Waals surface area contributed by atoms with Gasteiger partial charge in [0.05, 0.1) is 14.2 Å². The normalized spacial score (nSPS) is 13.5. The Morgan fingerprint density at radius 3 is 1.98 bits per heavy atom. The number of methoxy groups -OCH3 is 2. The van der Waals surface area contributed by atoms with E-state index in [0.29, 0.717) is 25.0 Å². The summed E-state index contributed by atoms with van der Waals surface area (Å²) in [6.45, 7) is 11.2. The van der Waals surface area contributed by atoms with Gasteiger partial charge in [0.25, 0.3) is 0 Å². The van der Waals surface area contributed by atoms with Crippen LogP contribution in [0.4, 0.5) is 0 Å². The van der Waals surface area contributed by atoms with Crippen LogP contribution in [0.15, 0.2) is 24.3 Å². The molecule has 0 spiro atoms. The standard InChI is InChI=1S/C30H46N2O8S2/c1-19(2)14-22(13-12-21-10-9-11-23(15-21)40-20(3)33)27(35)32-25(29(37)39-8)18-42-41-17-24(28(36)38-7)31-26(34)16-30(4,5)6/h9-11,15,19,22,24-25H,12-14,16-18H2,1-8H3,(H,31,34)(H,32,35)/t22-,24+,25+/m1/s1. The Balaban J connectivity index is 2.81. The number of hydrogen-bond acceptors (Lipinski definition) is 10. The maximum absolute atomic E-state index is 13.3. The zero-order valence-corrected chi connectivity index (χ0v) is 27.6. The minimum Gasteiger partial charge on any atom is -0.467 e. The molecule has 1 aromatic carbocycles. The second-order valence-corrected chi connectivity index (χ2v) is 14.2. The van der Waals surface area contributed by atoms with E-state index in [1.165, 1.54) is 42.7 Å². The first-order valence-corrected chi connectivity index (χ1v) is 16.4. The number of amides is 2. The number of aryl methyl sites for hydroxylation is 1. The molecule has 12 heteroatoms. The maximum atomic E-state index is 13.3. The second-order valence-electron chi connectivity index (χ2n) is 11.6. The minimum atomic E-state index is -0.894. The van der Waals surface area contributed by atoms with Crippen molar-refractivity contribution in [1.29, 1.82) is 0 Å². The number of rotatable bonds is 17. The third kappa shape index (κ3) is 15.5. The van der Waals surface area contributed by atoms with Crippen molar-refractivity contribution in [3.63, 3.8) is 0 Å². The number of carbonyl (C=O) groups excluding carboxylic acids is 5. The predicted octanol–water partition coefficient (Wildman–Crippen LogP) is 4.34. The van der Waals surface area contributed by atoms with Crippen LogP contribution in [0.25, 0.3) is 0 Å². The summed E-state index contributed by atoms with van der Waals surface area (Å²) in [7, 11) is 5.10. The molecule has 42 heavy (non-hydrogen) atoms. The fraction of sp³-hybridized carbons (Fsp3) is 0.633. The summed E-state index contributed by atoms with van der Waals surface area (Å²) in [5.41, 5.74) is 0.696. The van der Waals surface area contributed by atoms with Crippen LogP contribution < -0.4 is 15.4 Å². The van der Waals surface area contributed by atoms with Crippen molar-refractivity contribution >= 4 is 51.3 Å². The summed E-state index contributed by atoms with van der Waals surface area (Å²) < 4.78 is 14.9. The summed E-state index contributed by atoms with van der Waals surface area (Å²) in [4.78, 5) is 61.7. The van der Waals surface area contributed by atoms with Gasteiger partial charge in [-0.25, -0.2) is 9.59 Å². The first-order valence-electron chi connectivity index (χ1n) is 13.9. The topological polar surface area (TPSA) is 137 Å². The summed E-state index contributed by atoms with van der Waals surface area (Å²) in [5, 5.41) is 5.57. The van der Waals surface area contributed by atoms with Crippen molar-refractivity contribution in [2.75, 3.05) is 25.7 Å². The number of esters is 3. The van der Waals surface area contributed by atoms with Gasteiger partial charge in [0.2, 0.25) is 11.8 Å². The van der Waals surface area contributed by atoms with Crippen LogP contribution in [0.1, 0.15) is 66.4 Å². The highest BCUT2D eigenvalue weighted by Gasteiger charge is 2.28. The van der Waals surface area contributed by atoms with Crippen molar-refractivity contribution in [1.82, 2.24) is 10.6 Å². The molecule has 2 N–H and O–H groups in total. The van der Waals surface area contributed by atoms with E-state index in [2.05, 4.69) is 10.6 Å². The first kappa shape index (κ1) is 37.3. The molecule has 1 aromatic rings. The molecule has 0 aromatic heterocycles. The van der Waals surface area contributed by atoms with Crippen LogP contribution >= 0.6 is 21.6 Å². The van der Waals surface area contributed by atoms with E-state index in [-0.39, 0.29) is 47.0 Å². The lowest BCUT2D eigenvalue weighted by atomic mass is 9.90. The molecule has 0 aliphatic heterocycles. The molecule has 0 bridgehead atoms. The first-order chi connectivity index (χ1) is 19.6. The highest BCUT2D eigenvalue weighted by Crippen LogP contribution is 2.26. The molecule has 0 unspecified atom stereocenters. The van der Waals surface area contributed by atoms with Gasteiger partial charge in [0.1, 0.15) is 17.8 Å². The Bertz CT molecular complexity index is 1060. The average molecular weight is 627 g/mol. The fourth-order valence-corrected chi connectivity index (χ4v) is 6.36. The van der Waals surface area contributed by atoms with Crippen LogP contribution in [0.3, 0.4) is 0 Å². The molecule has 0 aliphatic carbocycles. The van der Waals surface area contributed by atoms with Crippen LogP contribution in [0, 0.1) is 17.3 Å². The number of carbonyl (C=O) groups is 5. The molecule has 0 saturated heterocycles. The van der Waals surface area contributed by atoms with Gasteiger partial charge in [0.15, 0.2) is 0 Å². The fourth-order valence-electron chi connectivity index (χ4n) is 4.07. The Labute approximate surface area is 257 Å². The van der Waals surface area contributed by atoms with Gasteiger partial charge in [-0.3, -0.25) is 14.4 Å². The van der Waals surface area contributed by atoms with E-state index >= 15 is 0 Å². The number of hydrogen-bond donors (Lipinski definition) is 2. The van der Waals surface area contributed by atoms with E-state index < -0.39 is 30.0 Å². The molecular formula is C30H46N2O8S2.